The maximum Gasteiger partial charge on any atom is 0.305 e. The Hall–Kier alpha value is -1.32. The van der Waals surface area contributed by atoms with E-state index >= 15 is 0 Å². The van der Waals surface area contributed by atoms with Crippen LogP contribution in [0, 0.1) is 0 Å². The molecule has 0 aliphatic carbocycles. The molecule has 0 saturated carbocycles. The number of esters is 1. The second-order valence-electron chi connectivity index (χ2n) is 7.05. The Morgan fingerprint density at radius 1 is 0.731 bits per heavy atom. The van der Waals surface area contributed by atoms with Crippen molar-refractivity contribution in [1.29, 1.82) is 0 Å². The zero-order chi connectivity index (χ0) is 19.3. The van der Waals surface area contributed by atoms with Crippen LogP contribution < -0.4 is 0 Å². The second kappa shape index (κ2) is 20.0. The van der Waals surface area contributed by atoms with E-state index in [1.54, 1.807) is 0 Å². The molecule has 4 heteroatoms. The quantitative estimate of drug-likeness (QED) is 0.162. The predicted octanol–water partition coefficient (Wildman–Crippen LogP) is 6.43. The molecular formula is C22H40O4. The minimum absolute atomic E-state index is 0.0386. The van der Waals surface area contributed by atoms with Crippen LogP contribution in [-0.4, -0.2) is 23.7 Å². The molecule has 0 amide bonds. The fourth-order valence-electron chi connectivity index (χ4n) is 2.77. The van der Waals surface area contributed by atoms with Gasteiger partial charge in [-0.1, -0.05) is 64.0 Å². The van der Waals surface area contributed by atoms with E-state index in [1.165, 1.54) is 32.1 Å². The van der Waals surface area contributed by atoms with Crippen LogP contribution in [0.2, 0.25) is 0 Å². The highest BCUT2D eigenvalue weighted by Crippen LogP contribution is 2.10. The summed E-state index contributed by atoms with van der Waals surface area (Å²) in [5.74, 6) is -0.721. The smallest absolute Gasteiger partial charge is 0.305 e. The lowest BCUT2D eigenvalue weighted by molar-refractivity contribution is -0.144. The van der Waals surface area contributed by atoms with E-state index in [2.05, 4.69) is 19.1 Å². The van der Waals surface area contributed by atoms with Crippen molar-refractivity contribution in [3.8, 4) is 0 Å². The third-order valence-electron chi connectivity index (χ3n) is 4.44. The molecule has 0 aromatic carbocycles. The number of aliphatic carboxylic acids is 1. The Kier molecular flexibility index (Phi) is 19.0. The van der Waals surface area contributed by atoms with Crippen LogP contribution in [0.5, 0.6) is 0 Å². The Balaban J connectivity index is 3.19. The van der Waals surface area contributed by atoms with Gasteiger partial charge in [0.25, 0.3) is 0 Å². The molecule has 0 aliphatic heterocycles. The Morgan fingerprint density at radius 2 is 1.23 bits per heavy atom. The molecule has 0 saturated heterocycles. The molecule has 0 aromatic rings. The molecule has 152 valence electrons. The summed E-state index contributed by atoms with van der Waals surface area (Å²) in [6.07, 6.45) is 20.9. The van der Waals surface area contributed by atoms with Crippen molar-refractivity contribution in [3.63, 3.8) is 0 Å². The van der Waals surface area contributed by atoms with Gasteiger partial charge in [-0.3, -0.25) is 9.59 Å². The molecule has 0 spiro atoms. The van der Waals surface area contributed by atoms with Gasteiger partial charge in [0.1, 0.15) is 0 Å². The first-order valence-corrected chi connectivity index (χ1v) is 10.7. The predicted molar refractivity (Wildman–Crippen MR) is 107 cm³/mol. The van der Waals surface area contributed by atoms with Gasteiger partial charge >= 0.3 is 11.9 Å². The molecule has 0 aliphatic rings. The molecule has 0 rings (SSSR count). The maximum absolute atomic E-state index is 11.4. The van der Waals surface area contributed by atoms with Crippen molar-refractivity contribution in [2.24, 2.45) is 0 Å². The van der Waals surface area contributed by atoms with Crippen LogP contribution in [0.4, 0.5) is 0 Å². The Bertz CT molecular complexity index is 363. The molecule has 0 aromatic heterocycles. The standard InChI is InChI=1S/C22H40O4/c1-2-3-20-26-22(25)19-17-15-13-11-9-7-5-4-6-8-10-12-14-16-18-21(23)24/h4-5H,2-3,6-20H2,1H3,(H,23,24). The lowest BCUT2D eigenvalue weighted by Crippen LogP contribution is -2.05. The van der Waals surface area contributed by atoms with E-state index in [0.29, 0.717) is 19.4 Å². The normalized spacial score (nSPS) is 11.1. The molecule has 26 heavy (non-hydrogen) atoms. The van der Waals surface area contributed by atoms with Gasteiger partial charge in [0.05, 0.1) is 6.61 Å². The van der Waals surface area contributed by atoms with Crippen LogP contribution in [0.1, 0.15) is 110 Å². The van der Waals surface area contributed by atoms with E-state index in [0.717, 1.165) is 57.8 Å². The van der Waals surface area contributed by atoms with Crippen molar-refractivity contribution in [2.45, 2.75) is 110 Å². The number of unbranched alkanes of at least 4 members (excludes halogenated alkanes) is 11. The lowest BCUT2D eigenvalue weighted by Gasteiger charge is -2.03. The third-order valence-corrected chi connectivity index (χ3v) is 4.44. The van der Waals surface area contributed by atoms with Gasteiger partial charge in [-0.05, 0) is 44.9 Å². The average Bonchev–Trinajstić information content (AvgIpc) is 2.61. The first-order valence-electron chi connectivity index (χ1n) is 10.7. The van der Waals surface area contributed by atoms with Crippen LogP contribution in [-0.2, 0) is 14.3 Å². The molecule has 4 nitrogen and oxygen atoms in total. The zero-order valence-corrected chi connectivity index (χ0v) is 16.8. The van der Waals surface area contributed by atoms with Crippen molar-refractivity contribution in [3.05, 3.63) is 12.2 Å². The largest absolute Gasteiger partial charge is 0.481 e. The topological polar surface area (TPSA) is 63.6 Å². The van der Waals surface area contributed by atoms with Crippen molar-refractivity contribution in [2.75, 3.05) is 6.61 Å². The highest BCUT2D eigenvalue weighted by molar-refractivity contribution is 5.69. The maximum atomic E-state index is 11.4. The van der Waals surface area contributed by atoms with Crippen molar-refractivity contribution >= 4 is 11.9 Å². The molecule has 0 heterocycles. The first-order chi connectivity index (χ1) is 12.7. The van der Waals surface area contributed by atoms with E-state index in [1.807, 2.05) is 0 Å². The monoisotopic (exact) mass is 368 g/mol. The van der Waals surface area contributed by atoms with E-state index < -0.39 is 5.97 Å². The highest BCUT2D eigenvalue weighted by atomic mass is 16.5. The van der Waals surface area contributed by atoms with E-state index in [9.17, 15) is 9.59 Å². The average molecular weight is 369 g/mol. The fourth-order valence-corrected chi connectivity index (χ4v) is 2.77. The summed E-state index contributed by atoms with van der Waals surface area (Å²) in [5, 5.41) is 8.55. The number of hydrogen-bond acceptors (Lipinski definition) is 3. The van der Waals surface area contributed by atoms with Crippen LogP contribution in [0.15, 0.2) is 12.2 Å². The number of carbonyl (C=O) groups is 2. The zero-order valence-electron chi connectivity index (χ0n) is 16.8. The third kappa shape index (κ3) is 20.7. The summed E-state index contributed by atoms with van der Waals surface area (Å²) in [5.41, 5.74) is 0. The highest BCUT2D eigenvalue weighted by Gasteiger charge is 2.01. The number of carboxylic acids is 1. The molecule has 1 N–H and O–H groups in total. The number of allylic oxidation sites excluding steroid dienone is 2. The number of carboxylic acid groups (broad SMARTS) is 1. The molecule has 0 atom stereocenters. The molecule has 0 bridgehead atoms. The van der Waals surface area contributed by atoms with Gasteiger partial charge in [-0.25, -0.2) is 0 Å². The van der Waals surface area contributed by atoms with Crippen LogP contribution in [0.3, 0.4) is 0 Å². The lowest BCUT2D eigenvalue weighted by atomic mass is 10.1. The molecular weight excluding hydrogens is 328 g/mol. The van der Waals surface area contributed by atoms with Gasteiger partial charge in [-0.15, -0.1) is 0 Å². The van der Waals surface area contributed by atoms with Gasteiger partial charge in [0.15, 0.2) is 0 Å². The number of hydrogen-bond donors (Lipinski definition) is 1. The minimum atomic E-state index is -0.683. The van der Waals surface area contributed by atoms with Gasteiger partial charge in [0.2, 0.25) is 0 Å². The van der Waals surface area contributed by atoms with Gasteiger partial charge < -0.3 is 9.84 Å². The molecule has 0 fully saturated rings. The van der Waals surface area contributed by atoms with Crippen molar-refractivity contribution in [1.82, 2.24) is 0 Å². The first kappa shape index (κ1) is 24.7. The summed E-state index contributed by atoms with van der Waals surface area (Å²) in [7, 11) is 0. The van der Waals surface area contributed by atoms with Gasteiger partial charge in [0, 0.05) is 12.8 Å². The number of carbonyl (C=O) groups excluding carboxylic acids is 1. The molecule has 0 radical (unpaired) electrons. The SMILES string of the molecule is CCCCOC(=O)CCCCCCCC=CCCCCCCCC(=O)O. The Morgan fingerprint density at radius 3 is 1.77 bits per heavy atom. The molecule has 0 unspecified atom stereocenters. The fraction of sp³-hybridized carbons (Fsp3) is 0.818. The van der Waals surface area contributed by atoms with Crippen molar-refractivity contribution < 1.29 is 19.4 Å². The van der Waals surface area contributed by atoms with Gasteiger partial charge in [-0.2, -0.15) is 0 Å². The van der Waals surface area contributed by atoms with E-state index in [-0.39, 0.29) is 5.97 Å². The van der Waals surface area contributed by atoms with E-state index in [4.69, 9.17) is 9.84 Å². The summed E-state index contributed by atoms with van der Waals surface area (Å²) < 4.78 is 5.14. The minimum Gasteiger partial charge on any atom is -0.481 e. The summed E-state index contributed by atoms with van der Waals surface area (Å²) in [4.78, 5) is 21.8. The summed E-state index contributed by atoms with van der Waals surface area (Å²) >= 11 is 0. The number of ether oxygens (including phenoxy) is 1. The van der Waals surface area contributed by atoms with Crippen LogP contribution >= 0.6 is 0 Å². The summed E-state index contributed by atoms with van der Waals surface area (Å²) in [6.45, 7) is 2.67. The second-order valence-corrected chi connectivity index (χ2v) is 7.05. The number of rotatable bonds is 19. The summed E-state index contributed by atoms with van der Waals surface area (Å²) in [6, 6.07) is 0. The van der Waals surface area contributed by atoms with Crippen LogP contribution in [0.25, 0.3) is 0 Å². The Labute approximate surface area is 160 Å².